The molecule has 0 radical (unpaired) electrons. The molecule has 2 nitrogen and oxygen atoms in total. The number of ether oxygens (including phenoxy) is 1. The minimum Gasteiger partial charge on any atom is -0.381 e. The molecule has 0 aromatic heterocycles. The van der Waals surface area contributed by atoms with E-state index in [2.05, 4.69) is 0 Å². The standard InChI is InChI=1S/C12H16FNO/c13-11-3-1-9(2-4-11)7-10-8-15-6-5-12(10)14/h1-4,10,12H,5-8,14H2/t10-,12-/m1/s1. The van der Waals surface area contributed by atoms with Gasteiger partial charge in [-0.2, -0.15) is 0 Å². The van der Waals surface area contributed by atoms with E-state index >= 15 is 0 Å². The highest BCUT2D eigenvalue weighted by Crippen LogP contribution is 2.18. The molecule has 82 valence electrons. The third kappa shape index (κ3) is 2.76. The van der Waals surface area contributed by atoms with Gasteiger partial charge in [0, 0.05) is 18.6 Å². The number of hydrogen-bond donors (Lipinski definition) is 1. The molecule has 1 aromatic rings. The first-order chi connectivity index (χ1) is 7.25. The van der Waals surface area contributed by atoms with Crippen LogP contribution in [-0.4, -0.2) is 19.3 Å². The van der Waals surface area contributed by atoms with Crippen LogP contribution in [0.25, 0.3) is 0 Å². The Kier molecular flexibility index (Phi) is 3.34. The minimum absolute atomic E-state index is 0.192. The largest absolute Gasteiger partial charge is 0.381 e. The molecule has 0 bridgehead atoms. The zero-order chi connectivity index (χ0) is 10.7. The Hall–Kier alpha value is -0.930. The van der Waals surface area contributed by atoms with Gasteiger partial charge in [-0.05, 0) is 30.5 Å². The van der Waals surface area contributed by atoms with Crippen LogP contribution in [-0.2, 0) is 11.2 Å². The second kappa shape index (κ2) is 4.73. The first kappa shape index (κ1) is 10.6. The molecule has 1 aromatic carbocycles. The fourth-order valence-corrected chi connectivity index (χ4v) is 1.95. The summed E-state index contributed by atoms with van der Waals surface area (Å²) in [6.45, 7) is 1.49. The fourth-order valence-electron chi connectivity index (χ4n) is 1.95. The van der Waals surface area contributed by atoms with E-state index in [9.17, 15) is 4.39 Å². The topological polar surface area (TPSA) is 35.2 Å². The normalized spacial score (nSPS) is 26.5. The summed E-state index contributed by atoms with van der Waals surface area (Å²) in [6, 6.07) is 6.83. The van der Waals surface area contributed by atoms with Gasteiger partial charge in [0.15, 0.2) is 0 Å². The first-order valence-corrected chi connectivity index (χ1v) is 5.33. The lowest BCUT2D eigenvalue weighted by atomic mass is 9.90. The van der Waals surface area contributed by atoms with Crippen LogP contribution in [0.15, 0.2) is 24.3 Å². The van der Waals surface area contributed by atoms with Crippen molar-refractivity contribution in [2.75, 3.05) is 13.2 Å². The molecule has 3 heteroatoms. The van der Waals surface area contributed by atoms with E-state index < -0.39 is 0 Å². The summed E-state index contributed by atoms with van der Waals surface area (Å²) < 4.78 is 18.1. The Morgan fingerprint density at radius 1 is 1.33 bits per heavy atom. The molecule has 2 N–H and O–H groups in total. The van der Waals surface area contributed by atoms with Crippen molar-refractivity contribution >= 4 is 0 Å². The summed E-state index contributed by atoms with van der Waals surface area (Å²) in [5.74, 6) is 0.173. The smallest absolute Gasteiger partial charge is 0.123 e. The quantitative estimate of drug-likeness (QED) is 0.805. The van der Waals surface area contributed by atoms with Gasteiger partial charge in [0.25, 0.3) is 0 Å². The summed E-state index contributed by atoms with van der Waals surface area (Å²) in [7, 11) is 0. The van der Waals surface area contributed by atoms with Crippen LogP contribution in [0.2, 0.25) is 0 Å². The van der Waals surface area contributed by atoms with Crippen molar-refractivity contribution < 1.29 is 9.13 Å². The maximum absolute atomic E-state index is 12.7. The van der Waals surface area contributed by atoms with Gasteiger partial charge in [-0.15, -0.1) is 0 Å². The monoisotopic (exact) mass is 209 g/mol. The molecule has 0 unspecified atom stereocenters. The van der Waals surface area contributed by atoms with Gasteiger partial charge >= 0.3 is 0 Å². The third-order valence-electron chi connectivity index (χ3n) is 2.94. The molecule has 0 spiro atoms. The number of nitrogens with two attached hydrogens (primary N) is 1. The van der Waals surface area contributed by atoms with Gasteiger partial charge in [-0.25, -0.2) is 4.39 Å². The van der Waals surface area contributed by atoms with Crippen LogP contribution in [0.1, 0.15) is 12.0 Å². The predicted octanol–water partition coefficient (Wildman–Crippen LogP) is 1.73. The molecular weight excluding hydrogens is 193 g/mol. The Labute approximate surface area is 89.2 Å². The highest BCUT2D eigenvalue weighted by molar-refractivity contribution is 5.17. The lowest BCUT2D eigenvalue weighted by Crippen LogP contribution is -2.39. The summed E-state index contributed by atoms with van der Waals surface area (Å²) >= 11 is 0. The summed E-state index contributed by atoms with van der Waals surface area (Å²) in [6.07, 6.45) is 1.80. The third-order valence-corrected chi connectivity index (χ3v) is 2.94. The Morgan fingerprint density at radius 3 is 2.73 bits per heavy atom. The van der Waals surface area contributed by atoms with E-state index in [1.54, 1.807) is 0 Å². The van der Waals surface area contributed by atoms with E-state index in [-0.39, 0.29) is 11.9 Å². The molecule has 1 heterocycles. The van der Waals surface area contributed by atoms with Crippen molar-refractivity contribution in [3.63, 3.8) is 0 Å². The first-order valence-electron chi connectivity index (χ1n) is 5.33. The molecule has 0 amide bonds. The second-order valence-electron chi connectivity index (χ2n) is 4.12. The molecule has 15 heavy (non-hydrogen) atoms. The maximum atomic E-state index is 12.7. The van der Waals surface area contributed by atoms with Crippen LogP contribution in [0.5, 0.6) is 0 Å². The zero-order valence-electron chi connectivity index (χ0n) is 8.66. The molecule has 0 aliphatic carbocycles. The number of rotatable bonds is 2. The van der Waals surface area contributed by atoms with Gasteiger partial charge in [0.2, 0.25) is 0 Å². The van der Waals surface area contributed by atoms with E-state index in [4.69, 9.17) is 10.5 Å². The van der Waals surface area contributed by atoms with Crippen molar-refractivity contribution in [1.29, 1.82) is 0 Å². The van der Waals surface area contributed by atoms with Gasteiger partial charge in [-0.3, -0.25) is 0 Å². The van der Waals surface area contributed by atoms with E-state index in [0.29, 0.717) is 5.92 Å². The van der Waals surface area contributed by atoms with Crippen LogP contribution in [0.4, 0.5) is 4.39 Å². The summed E-state index contributed by atoms with van der Waals surface area (Å²) in [4.78, 5) is 0. The van der Waals surface area contributed by atoms with E-state index in [0.717, 1.165) is 31.6 Å². The molecule has 1 fully saturated rings. The van der Waals surface area contributed by atoms with Crippen LogP contribution in [0, 0.1) is 11.7 Å². The summed E-state index contributed by atoms with van der Waals surface area (Å²) in [5, 5.41) is 0. The minimum atomic E-state index is -0.192. The number of benzene rings is 1. The van der Waals surface area contributed by atoms with Gasteiger partial charge in [-0.1, -0.05) is 12.1 Å². The van der Waals surface area contributed by atoms with Gasteiger partial charge in [0.1, 0.15) is 5.82 Å². The van der Waals surface area contributed by atoms with Crippen LogP contribution in [0.3, 0.4) is 0 Å². The highest BCUT2D eigenvalue weighted by atomic mass is 19.1. The molecule has 1 saturated heterocycles. The maximum Gasteiger partial charge on any atom is 0.123 e. The Morgan fingerprint density at radius 2 is 2.07 bits per heavy atom. The SMILES string of the molecule is N[C@@H]1CCOC[C@H]1Cc1ccc(F)cc1. The molecular formula is C12H16FNO. The van der Waals surface area contributed by atoms with E-state index in [1.807, 2.05) is 12.1 Å². The average Bonchev–Trinajstić information content (AvgIpc) is 2.25. The Bertz CT molecular complexity index is 312. The Balaban J connectivity index is 1.98. The predicted molar refractivity (Wildman–Crippen MR) is 57.0 cm³/mol. The fraction of sp³-hybridized carbons (Fsp3) is 0.500. The highest BCUT2D eigenvalue weighted by Gasteiger charge is 2.22. The molecule has 2 atom stereocenters. The van der Waals surface area contributed by atoms with Crippen molar-refractivity contribution in [3.05, 3.63) is 35.6 Å². The molecule has 0 saturated carbocycles. The lowest BCUT2D eigenvalue weighted by Gasteiger charge is -2.28. The van der Waals surface area contributed by atoms with Gasteiger partial charge < -0.3 is 10.5 Å². The van der Waals surface area contributed by atoms with Crippen molar-refractivity contribution in [2.24, 2.45) is 11.7 Å². The zero-order valence-corrected chi connectivity index (χ0v) is 8.66. The molecule has 1 aliphatic rings. The van der Waals surface area contributed by atoms with Gasteiger partial charge in [0.05, 0.1) is 6.61 Å². The molecule has 1 aliphatic heterocycles. The van der Waals surface area contributed by atoms with Crippen molar-refractivity contribution in [1.82, 2.24) is 0 Å². The number of halogens is 1. The van der Waals surface area contributed by atoms with Crippen LogP contribution >= 0.6 is 0 Å². The van der Waals surface area contributed by atoms with Crippen molar-refractivity contribution in [2.45, 2.75) is 18.9 Å². The average molecular weight is 209 g/mol. The molecule has 2 rings (SSSR count). The van der Waals surface area contributed by atoms with Crippen LogP contribution < -0.4 is 5.73 Å². The van der Waals surface area contributed by atoms with Crippen molar-refractivity contribution in [3.8, 4) is 0 Å². The summed E-state index contributed by atoms with van der Waals surface area (Å²) in [5.41, 5.74) is 7.13. The second-order valence-corrected chi connectivity index (χ2v) is 4.12. The lowest BCUT2D eigenvalue weighted by molar-refractivity contribution is 0.0422. The number of hydrogen-bond acceptors (Lipinski definition) is 2. The van der Waals surface area contributed by atoms with E-state index in [1.165, 1.54) is 12.1 Å².